The summed E-state index contributed by atoms with van der Waals surface area (Å²) in [5.41, 5.74) is 0. The summed E-state index contributed by atoms with van der Waals surface area (Å²) in [6.45, 7) is 3.89. The summed E-state index contributed by atoms with van der Waals surface area (Å²) in [7, 11) is 0. The molecular weight excluding hydrogens is 224 g/mol. The lowest BCUT2D eigenvalue weighted by Crippen LogP contribution is -2.10. The molecule has 1 fully saturated rings. The van der Waals surface area contributed by atoms with Gasteiger partial charge in [-0.3, -0.25) is 4.79 Å². The van der Waals surface area contributed by atoms with Crippen molar-refractivity contribution in [2.45, 2.75) is 26.2 Å². The molecule has 0 aliphatic carbocycles. The SMILES string of the molecule is C1CCOC1.CCOC(=O)CC(=O)OCl. The van der Waals surface area contributed by atoms with E-state index >= 15 is 0 Å². The molecule has 0 aromatic heterocycles. The van der Waals surface area contributed by atoms with E-state index < -0.39 is 18.4 Å². The van der Waals surface area contributed by atoms with Crippen molar-refractivity contribution in [2.75, 3.05) is 19.8 Å². The molecule has 0 spiro atoms. The number of carbonyl (C=O) groups is 2. The van der Waals surface area contributed by atoms with Crippen LogP contribution < -0.4 is 0 Å². The fourth-order valence-electron chi connectivity index (χ4n) is 0.867. The van der Waals surface area contributed by atoms with Gasteiger partial charge in [0.1, 0.15) is 18.3 Å². The van der Waals surface area contributed by atoms with E-state index in [0.29, 0.717) is 0 Å². The van der Waals surface area contributed by atoms with Crippen molar-refractivity contribution in [1.29, 1.82) is 0 Å². The third kappa shape index (κ3) is 9.49. The van der Waals surface area contributed by atoms with Gasteiger partial charge in [0.2, 0.25) is 0 Å². The van der Waals surface area contributed by atoms with Crippen molar-refractivity contribution in [3.05, 3.63) is 0 Å². The summed E-state index contributed by atoms with van der Waals surface area (Å²) in [6.07, 6.45) is 2.12. The highest BCUT2D eigenvalue weighted by atomic mass is 35.5. The topological polar surface area (TPSA) is 61.8 Å². The third-order valence-electron chi connectivity index (χ3n) is 1.51. The zero-order chi connectivity index (χ0) is 11.5. The smallest absolute Gasteiger partial charge is 0.335 e. The van der Waals surface area contributed by atoms with Gasteiger partial charge < -0.3 is 13.8 Å². The van der Waals surface area contributed by atoms with Crippen LogP contribution in [0.3, 0.4) is 0 Å². The van der Waals surface area contributed by atoms with Crippen LogP contribution in [0.15, 0.2) is 0 Å². The van der Waals surface area contributed by atoms with Gasteiger partial charge >= 0.3 is 11.9 Å². The molecule has 88 valence electrons. The third-order valence-corrected chi connectivity index (χ3v) is 1.68. The number of hydrogen-bond acceptors (Lipinski definition) is 5. The summed E-state index contributed by atoms with van der Waals surface area (Å²) in [5.74, 6) is -1.44. The second-order valence-corrected chi connectivity index (χ2v) is 2.90. The van der Waals surface area contributed by atoms with E-state index in [-0.39, 0.29) is 6.61 Å². The molecule has 1 aliphatic rings. The van der Waals surface area contributed by atoms with Crippen LogP contribution in [0.2, 0.25) is 0 Å². The standard InChI is InChI=1S/C5H7ClO4.C4H8O/c1-2-9-4(7)3-5(8)10-6;1-2-4-5-3-1/h2-3H2,1H3;1-4H2. The normalized spacial score (nSPS) is 13.7. The lowest BCUT2D eigenvalue weighted by atomic mass is 10.4. The molecule has 0 radical (unpaired) electrons. The van der Waals surface area contributed by atoms with Crippen LogP contribution in [0.1, 0.15) is 26.2 Å². The number of hydrogen-bond donors (Lipinski definition) is 0. The van der Waals surface area contributed by atoms with Crippen LogP contribution in [0.25, 0.3) is 0 Å². The second-order valence-electron chi connectivity index (χ2n) is 2.75. The van der Waals surface area contributed by atoms with Gasteiger partial charge in [0, 0.05) is 13.2 Å². The van der Waals surface area contributed by atoms with Gasteiger partial charge in [0.05, 0.1) is 6.61 Å². The van der Waals surface area contributed by atoms with Gasteiger partial charge in [-0.2, -0.15) is 0 Å². The van der Waals surface area contributed by atoms with Gasteiger partial charge in [0.15, 0.2) is 0 Å². The molecule has 1 rings (SSSR count). The molecule has 5 nitrogen and oxygen atoms in total. The minimum absolute atomic E-state index is 0.244. The maximum absolute atomic E-state index is 10.4. The first kappa shape index (κ1) is 14.2. The van der Waals surface area contributed by atoms with Gasteiger partial charge in [-0.1, -0.05) is 0 Å². The van der Waals surface area contributed by atoms with Crippen LogP contribution in [0.5, 0.6) is 0 Å². The number of rotatable bonds is 3. The monoisotopic (exact) mass is 238 g/mol. The molecule has 0 amide bonds. The molecule has 15 heavy (non-hydrogen) atoms. The molecule has 0 atom stereocenters. The Kier molecular flexibility index (Phi) is 9.21. The second kappa shape index (κ2) is 9.73. The van der Waals surface area contributed by atoms with Crippen molar-refractivity contribution < 1.29 is 23.4 Å². The Bertz CT molecular complexity index is 183. The van der Waals surface area contributed by atoms with Crippen molar-refractivity contribution in [1.82, 2.24) is 0 Å². The summed E-state index contributed by atoms with van der Waals surface area (Å²) in [4.78, 5) is 20.7. The maximum Gasteiger partial charge on any atom is 0.335 e. The summed E-state index contributed by atoms with van der Waals surface area (Å²) >= 11 is 4.64. The molecular formula is C9H15ClO5. The first-order chi connectivity index (χ1) is 7.20. The highest BCUT2D eigenvalue weighted by Gasteiger charge is 2.09. The Morgan fingerprint density at radius 3 is 2.20 bits per heavy atom. The number of ether oxygens (including phenoxy) is 2. The first-order valence-electron chi connectivity index (χ1n) is 4.75. The van der Waals surface area contributed by atoms with Gasteiger partial charge in [0.25, 0.3) is 0 Å². The molecule has 1 aliphatic heterocycles. The van der Waals surface area contributed by atoms with E-state index in [4.69, 9.17) is 4.74 Å². The number of carbonyl (C=O) groups excluding carboxylic acids is 2. The van der Waals surface area contributed by atoms with Crippen LogP contribution >= 0.6 is 11.9 Å². The molecule has 6 heteroatoms. The Balaban J connectivity index is 0.000000322. The molecule has 0 bridgehead atoms. The summed E-state index contributed by atoms with van der Waals surface area (Å²) in [5, 5.41) is 0. The van der Waals surface area contributed by atoms with E-state index in [1.807, 2.05) is 0 Å². The van der Waals surface area contributed by atoms with Gasteiger partial charge in [-0.25, -0.2) is 4.79 Å². The Morgan fingerprint density at radius 2 is 1.87 bits per heavy atom. The minimum Gasteiger partial charge on any atom is -0.466 e. The van der Waals surface area contributed by atoms with Crippen molar-refractivity contribution >= 4 is 23.8 Å². The number of esters is 1. The minimum atomic E-state index is -0.805. The number of halogens is 1. The average molecular weight is 239 g/mol. The van der Waals surface area contributed by atoms with Crippen LogP contribution in [0, 0.1) is 0 Å². The first-order valence-corrected chi connectivity index (χ1v) is 5.06. The molecule has 0 N–H and O–H groups in total. The van der Waals surface area contributed by atoms with Crippen LogP contribution in [-0.2, 0) is 23.4 Å². The van der Waals surface area contributed by atoms with E-state index in [2.05, 4.69) is 20.9 Å². The predicted molar refractivity (Wildman–Crippen MR) is 53.2 cm³/mol. The van der Waals surface area contributed by atoms with Crippen LogP contribution in [0.4, 0.5) is 0 Å². The Morgan fingerprint density at radius 1 is 1.27 bits per heavy atom. The van der Waals surface area contributed by atoms with Crippen LogP contribution in [-0.4, -0.2) is 31.8 Å². The molecule has 0 unspecified atom stereocenters. The van der Waals surface area contributed by atoms with E-state index in [1.165, 1.54) is 12.8 Å². The molecule has 1 saturated heterocycles. The van der Waals surface area contributed by atoms with E-state index in [9.17, 15) is 9.59 Å². The molecule has 0 saturated carbocycles. The fraction of sp³-hybridized carbons (Fsp3) is 0.778. The highest BCUT2D eigenvalue weighted by molar-refractivity contribution is 6.14. The molecule has 0 aromatic rings. The largest absolute Gasteiger partial charge is 0.466 e. The highest BCUT2D eigenvalue weighted by Crippen LogP contribution is 1.98. The fourth-order valence-corrected chi connectivity index (χ4v) is 0.922. The Labute approximate surface area is 93.8 Å². The zero-order valence-corrected chi connectivity index (χ0v) is 9.42. The Hall–Kier alpha value is -0.810. The van der Waals surface area contributed by atoms with Gasteiger partial charge in [-0.05, 0) is 19.8 Å². The lowest BCUT2D eigenvalue weighted by molar-refractivity contribution is -0.149. The summed E-state index contributed by atoms with van der Waals surface area (Å²) in [6, 6.07) is 0. The molecule has 1 heterocycles. The average Bonchev–Trinajstić information content (AvgIpc) is 2.75. The van der Waals surface area contributed by atoms with Crippen molar-refractivity contribution in [3.63, 3.8) is 0 Å². The zero-order valence-electron chi connectivity index (χ0n) is 8.66. The summed E-state index contributed by atoms with van der Waals surface area (Å²) < 4.78 is 13.1. The van der Waals surface area contributed by atoms with E-state index in [1.54, 1.807) is 6.92 Å². The van der Waals surface area contributed by atoms with Gasteiger partial charge in [-0.15, -0.1) is 0 Å². The van der Waals surface area contributed by atoms with Crippen molar-refractivity contribution in [3.8, 4) is 0 Å². The lowest BCUT2D eigenvalue weighted by Gasteiger charge is -1.96. The quantitative estimate of drug-likeness (QED) is 0.550. The maximum atomic E-state index is 10.4. The van der Waals surface area contributed by atoms with E-state index in [0.717, 1.165) is 13.2 Å². The van der Waals surface area contributed by atoms with Crippen molar-refractivity contribution in [2.24, 2.45) is 0 Å². The molecule has 0 aromatic carbocycles. The predicted octanol–water partition coefficient (Wildman–Crippen LogP) is 1.43.